The molecule has 1 atom stereocenters. The van der Waals surface area contributed by atoms with Crippen LogP contribution in [0.5, 0.6) is 0 Å². The van der Waals surface area contributed by atoms with Crippen LogP contribution >= 0.6 is 22.9 Å². The minimum atomic E-state index is -0.937. The molecule has 2 aliphatic rings. The lowest BCUT2D eigenvalue weighted by Gasteiger charge is -2.29. The second kappa shape index (κ2) is 6.45. The highest BCUT2D eigenvalue weighted by molar-refractivity contribution is 7.08. The van der Waals surface area contributed by atoms with Gasteiger partial charge in [0.25, 0.3) is 5.91 Å². The van der Waals surface area contributed by atoms with Crippen molar-refractivity contribution in [3.63, 3.8) is 0 Å². The Morgan fingerprint density at radius 1 is 1.50 bits per heavy atom. The molecule has 1 N–H and O–H groups in total. The molecular weight excluding hydrogens is 350 g/mol. The molecule has 0 fully saturated rings. The summed E-state index contributed by atoms with van der Waals surface area (Å²) in [6.07, 6.45) is 2.02. The number of carbonyl (C=O) groups is 2. The zero-order chi connectivity index (χ0) is 17.4. The van der Waals surface area contributed by atoms with E-state index in [0.29, 0.717) is 34.0 Å². The number of rotatable bonds is 4. The Bertz CT molecular complexity index is 792. The summed E-state index contributed by atoms with van der Waals surface area (Å²) in [4.78, 5) is 25.8. The highest BCUT2D eigenvalue weighted by Crippen LogP contribution is 2.43. The van der Waals surface area contributed by atoms with Crippen LogP contribution in [-0.4, -0.2) is 35.0 Å². The minimum Gasteiger partial charge on any atom is -0.496 e. The van der Waals surface area contributed by atoms with Crippen LogP contribution in [0.15, 0.2) is 50.5 Å². The molecule has 1 amide bonds. The van der Waals surface area contributed by atoms with Gasteiger partial charge in [0.1, 0.15) is 5.76 Å². The summed E-state index contributed by atoms with van der Waals surface area (Å²) in [6.45, 7) is 1.78. The van der Waals surface area contributed by atoms with E-state index < -0.39 is 5.97 Å². The van der Waals surface area contributed by atoms with E-state index >= 15 is 0 Å². The molecule has 0 bridgehead atoms. The third kappa shape index (κ3) is 2.76. The topological polar surface area (TPSA) is 66.8 Å². The highest BCUT2D eigenvalue weighted by Gasteiger charge is 2.41. The van der Waals surface area contributed by atoms with Crippen molar-refractivity contribution in [3.8, 4) is 0 Å². The fourth-order valence-electron chi connectivity index (χ4n) is 3.17. The number of nitrogens with zero attached hydrogens (tertiary/aromatic N) is 1. The zero-order valence-corrected chi connectivity index (χ0v) is 14.8. The van der Waals surface area contributed by atoms with Crippen LogP contribution in [0.25, 0.3) is 0 Å². The lowest BCUT2D eigenvalue weighted by Crippen LogP contribution is -2.37. The summed E-state index contributed by atoms with van der Waals surface area (Å²) in [5.74, 6) is -0.563. The average Bonchev–Trinajstić information content (AvgIpc) is 3.14. The SMILES string of the molecule is COC1=C(Cl)CC2C(=C1)C(CC(=O)O)=C(C)N2C(=O)c1ccsc1. The van der Waals surface area contributed by atoms with E-state index in [1.165, 1.54) is 18.4 Å². The van der Waals surface area contributed by atoms with Crippen LogP contribution in [0.2, 0.25) is 0 Å². The maximum Gasteiger partial charge on any atom is 0.307 e. The number of methoxy groups -OCH3 is 1. The third-order valence-electron chi connectivity index (χ3n) is 4.28. The molecule has 0 saturated carbocycles. The molecule has 7 heteroatoms. The number of fused-ring (bicyclic) bond motifs is 1. The van der Waals surface area contributed by atoms with Crippen molar-refractivity contribution in [1.82, 2.24) is 4.90 Å². The molecule has 0 aromatic carbocycles. The number of allylic oxidation sites excluding steroid dienone is 2. The molecule has 126 valence electrons. The summed E-state index contributed by atoms with van der Waals surface area (Å²) in [5.41, 5.74) is 2.69. The lowest BCUT2D eigenvalue weighted by atomic mass is 9.92. The number of aliphatic carboxylic acids is 1. The first-order valence-electron chi connectivity index (χ1n) is 7.36. The van der Waals surface area contributed by atoms with Gasteiger partial charge in [0, 0.05) is 17.5 Å². The maximum atomic E-state index is 12.9. The molecule has 1 aliphatic heterocycles. The van der Waals surface area contributed by atoms with Crippen molar-refractivity contribution in [2.75, 3.05) is 7.11 Å². The quantitative estimate of drug-likeness (QED) is 0.882. The van der Waals surface area contributed by atoms with E-state index in [4.69, 9.17) is 16.3 Å². The number of halogens is 1. The molecule has 2 heterocycles. The van der Waals surface area contributed by atoms with Crippen LogP contribution < -0.4 is 0 Å². The largest absolute Gasteiger partial charge is 0.496 e. The van der Waals surface area contributed by atoms with Gasteiger partial charge in [-0.05, 0) is 35.6 Å². The predicted octanol–water partition coefficient (Wildman–Crippen LogP) is 3.75. The Hall–Kier alpha value is -2.05. The highest BCUT2D eigenvalue weighted by atomic mass is 35.5. The van der Waals surface area contributed by atoms with Gasteiger partial charge in [-0.1, -0.05) is 11.6 Å². The number of ether oxygens (including phenoxy) is 1. The Kier molecular flexibility index (Phi) is 4.51. The molecule has 1 aliphatic carbocycles. The minimum absolute atomic E-state index is 0.143. The Morgan fingerprint density at radius 3 is 2.83 bits per heavy atom. The molecule has 24 heavy (non-hydrogen) atoms. The second-order valence-electron chi connectivity index (χ2n) is 5.61. The van der Waals surface area contributed by atoms with Crippen molar-refractivity contribution in [2.24, 2.45) is 0 Å². The van der Waals surface area contributed by atoms with Crippen LogP contribution in [-0.2, 0) is 9.53 Å². The van der Waals surface area contributed by atoms with Crippen LogP contribution in [0, 0.1) is 0 Å². The first-order chi connectivity index (χ1) is 11.4. The summed E-state index contributed by atoms with van der Waals surface area (Å²) < 4.78 is 5.27. The molecule has 0 radical (unpaired) electrons. The van der Waals surface area contributed by atoms with E-state index in [9.17, 15) is 14.7 Å². The van der Waals surface area contributed by atoms with E-state index in [0.717, 1.165) is 5.57 Å². The normalized spacial score (nSPS) is 20.2. The number of carboxylic acids is 1. The summed E-state index contributed by atoms with van der Waals surface area (Å²) in [6, 6.07) is 1.47. The van der Waals surface area contributed by atoms with Crippen LogP contribution in [0.3, 0.4) is 0 Å². The fourth-order valence-corrected chi connectivity index (χ4v) is 4.08. The van der Waals surface area contributed by atoms with Crippen LogP contribution in [0.4, 0.5) is 0 Å². The molecule has 5 nitrogen and oxygen atoms in total. The second-order valence-corrected chi connectivity index (χ2v) is 6.85. The number of carboxylic acid groups (broad SMARTS) is 1. The van der Waals surface area contributed by atoms with Crippen molar-refractivity contribution in [1.29, 1.82) is 0 Å². The zero-order valence-electron chi connectivity index (χ0n) is 13.2. The smallest absolute Gasteiger partial charge is 0.307 e. The average molecular weight is 366 g/mol. The van der Waals surface area contributed by atoms with Gasteiger partial charge in [-0.3, -0.25) is 9.59 Å². The lowest BCUT2D eigenvalue weighted by molar-refractivity contribution is -0.136. The van der Waals surface area contributed by atoms with Gasteiger partial charge in [-0.2, -0.15) is 11.3 Å². The summed E-state index contributed by atoms with van der Waals surface area (Å²) >= 11 is 7.73. The number of thiophene rings is 1. The van der Waals surface area contributed by atoms with Crippen molar-refractivity contribution < 1.29 is 19.4 Å². The van der Waals surface area contributed by atoms with Gasteiger partial charge in [0.15, 0.2) is 0 Å². The van der Waals surface area contributed by atoms with E-state index in [-0.39, 0.29) is 18.4 Å². The predicted molar refractivity (Wildman–Crippen MR) is 91.8 cm³/mol. The van der Waals surface area contributed by atoms with Gasteiger partial charge in [0.2, 0.25) is 0 Å². The first kappa shape index (κ1) is 16.8. The Morgan fingerprint density at radius 2 is 2.25 bits per heavy atom. The number of hydrogen-bond donors (Lipinski definition) is 1. The molecule has 3 rings (SSSR count). The Balaban J connectivity index is 2.07. The van der Waals surface area contributed by atoms with Gasteiger partial charge in [-0.25, -0.2) is 0 Å². The molecule has 1 aromatic heterocycles. The summed E-state index contributed by atoms with van der Waals surface area (Å²) in [5, 5.41) is 13.4. The molecular formula is C17H16ClNO4S. The Labute approximate surface area is 148 Å². The van der Waals surface area contributed by atoms with E-state index in [1.807, 2.05) is 5.38 Å². The maximum absolute atomic E-state index is 12.9. The van der Waals surface area contributed by atoms with Gasteiger partial charge >= 0.3 is 5.97 Å². The molecule has 0 spiro atoms. The van der Waals surface area contributed by atoms with Crippen molar-refractivity contribution in [2.45, 2.75) is 25.8 Å². The van der Waals surface area contributed by atoms with Gasteiger partial charge < -0.3 is 14.7 Å². The number of amides is 1. The van der Waals surface area contributed by atoms with E-state index in [2.05, 4.69) is 0 Å². The molecule has 0 saturated heterocycles. The van der Waals surface area contributed by atoms with Gasteiger partial charge in [-0.15, -0.1) is 0 Å². The number of hydrogen-bond acceptors (Lipinski definition) is 4. The first-order valence-corrected chi connectivity index (χ1v) is 8.68. The monoisotopic (exact) mass is 365 g/mol. The van der Waals surface area contributed by atoms with Crippen molar-refractivity contribution >= 4 is 34.8 Å². The van der Waals surface area contributed by atoms with Gasteiger partial charge in [0.05, 0.1) is 30.2 Å². The third-order valence-corrected chi connectivity index (χ3v) is 5.30. The molecule has 1 aromatic rings. The summed E-state index contributed by atoms with van der Waals surface area (Å²) in [7, 11) is 1.52. The molecule has 1 unspecified atom stereocenters. The fraction of sp³-hybridized carbons (Fsp3) is 0.294. The van der Waals surface area contributed by atoms with Crippen LogP contribution in [0.1, 0.15) is 30.1 Å². The van der Waals surface area contributed by atoms with E-state index in [1.54, 1.807) is 29.3 Å². The number of carbonyl (C=O) groups excluding carboxylic acids is 1. The standard InChI is InChI=1S/C17H16ClNO4S/c1-9-11(6-16(20)21)12-5-15(23-2)13(18)7-14(12)19(9)17(22)10-3-4-24-8-10/h3-5,8,14H,6-7H2,1-2H3,(H,20,21). The van der Waals surface area contributed by atoms with Crippen molar-refractivity contribution in [3.05, 3.63) is 56.1 Å².